The van der Waals surface area contributed by atoms with Crippen LogP contribution in [0.1, 0.15) is 13.8 Å². The molecule has 62 valence electrons. The summed E-state index contributed by atoms with van der Waals surface area (Å²) in [5.74, 6) is 0.410. The largest absolute Gasteiger partial charge is 0.384 e. The number of amidine groups is 1. The molecule has 2 N–H and O–H groups in total. The number of nitrogens with two attached hydrogens (primary N) is 1. The van der Waals surface area contributed by atoms with E-state index in [0.717, 1.165) is 0 Å². The van der Waals surface area contributed by atoms with Crippen LogP contribution in [0.4, 0.5) is 0 Å². The topological polar surface area (TPSA) is 38.4 Å². The Morgan fingerprint density at radius 1 is 1.36 bits per heavy atom. The zero-order valence-corrected chi connectivity index (χ0v) is 7.25. The Labute approximate surface area is 68.8 Å². The molecule has 2 nitrogen and oxygen atoms in total. The number of rotatable bonds is 3. The van der Waals surface area contributed by atoms with Crippen LogP contribution in [-0.2, 0) is 0 Å². The van der Waals surface area contributed by atoms with Crippen molar-refractivity contribution in [2.45, 2.75) is 13.8 Å². The Balaban J connectivity index is 0. The first-order chi connectivity index (χ1) is 5.31. The summed E-state index contributed by atoms with van der Waals surface area (Å²) < 4.78 is 0. The Bertz CT molecular complexity index is 155. The quantitative estimate of drug-likeness (QED) is 0.376. The van der Waals surface area contributed by atoms with Crippen molar-refractivity contribution in [3.8, 4) is 0 Å². The molecule has 11 heavy (non-hydrogen) atoms. The third-order valence-electron chi connectivity index (χ3n) is 0.655. The fourth-order valence-corrected chi connectivity index (χ4v) is 0.243. The van der Waals surface area contributed by atoms with Crippen LogP contribution >= 0.6 is 0 Å². The van der Waals surface area contributed by atoms with Crippen LogP contribution in [0.5, 0.6) is 0 Å². The molecule has 0 aliphatic carbocycles. The minimum atomic E-state index is 0.410. The number of hydrogen-bond acceptors (Lipinski definition) is 1. The highest BCUT2D eigenvalue weighted by atomic mass is 14.8. The molecule has 0 fully saturated rings. The SMILES string of the molecule is C=C/C=C\N=C(N)C=C.CC. The van der Waals surface area contributed by atoms with Crippen molar-refractivity contribution in [2.24, 2.45) is 10.7 Å². The lowest BCUT2D eigenvalue weighted by Gasteiger charge is -1.82. The number of aliphatic imine (C=N–C) groups is 1. The van der Waals surface area contributed by atoms with Crippen molar-refractivity contribution in [2.75, 3.05) is 0 Å². The number of hydrogen-bond donors (Lipinski definition) is 1. The lowest BCUT2D eigenvalue weighted by atomic mass is 10.5. The fourth-order valence-electron chi connectivity index (χ4n) is 0.243. The van der Waals surface area contributed by atoms with E-state index in [0.29, 0.717) is 5.84 Å². The molecule has 0 aliphatic rings. The van der Waals surface area contributed by atoms with Crippen molar-refractivity contribution >= 4 is 5.84 Å². The molecule has 0 aromatic carbocycles. The molecule has 0 saturated carbocycles. The Hall–Kier alpha value is -1.31. The summed E-state index contributed by atoms with van der Waals surface area (Å²) in [5.41, 5.74) is 5.26. The maximum atomic E-state index is 5.26. The predicted octanol–water partition coefficient (Wildman–Crippen LogP) is 2.26. The van der Waals surface area contributed by atoms with Gasteiger partial charge in [0.05, 0.1) is 0 Å². The van der Waals surface area contributed by atoms with Crippen LogP contribution in [-0.4, -0.2) is 5.84 Å². The van der Waals surface area contributed by atoms with Crippen LogP contribution in [0.2, 0.25) is 0 Å². The maximum absolute atomic E-state index is 5.26. The van der Waals surface area contributed by atoms with E-state index in [-0.39, 0.29) is 0 Å². The minimum absolute atomic E-state index is 0.410. The third kappa shape index (κ3) is 12.0. The van der Waals surface area contributed by atoms with Gasteiger partial charge in [0.2, 0.25) is 0 Å². The van der Waals surface area contributed by atoms with Crippen LogP contribution < -0.4 is 5.73 Å². The van der Waals surface area contributed by atoms with E-state index in [1.807, 2.05) is 13.8 Å². The Morgan fingerprint density at radius 3 is 2.27 bits per heavy atom. The lowest BCUT2D eigenvalue weighted by molar-refractivity contribution is 1.50. The van der Waals surface area contributed by atoms with Gasteiger partial charge in [0.25, 0.3) is 0 Å². The standard InChI is InChI=1S/C7H10N2.C2H6/c1-3-5-6-9-7(8)4-2;1-2/h3-6H,1-2H2,(H2,8,9);1-2H3/b6-5-;. The Morgan fingerprint density at radius 2 is 1.91 bits per heavy atom. The van der Waals surface area contributed by atoms with E-state index >= 15 is 0 Å². The summed E-state index contributed by atoms with van der Waals surface area (Å²) in [6.45, 7) is 10.9. The van der Waals surface area contributed by atoms with Crippen molar-refractivity contribution in [3.05, 3.63) is 37.6 Å². The second kappa shape index (κ2) is 11.5. The molecule has 0 aliphatic heterocycles. The molecule has 2 heteroatoms. The van der Waals surface area contributed by atoms with Crippen molar-refractivity contribution in [3.63, 3.8) is 0 Å². The normalized spacial score (nSPS) is 10.2. The van der Waals surface area contributed by atoms with Crippen LogP contribution in [0, 0.1) is 0 Å². The summed E-state index contributed by atoms with van der Waals surface area (Å²) in [6, 6.07) is 0. The van der Waals surface area contributed by atoms with Crippen LogP contribution in [0.25, 0.3) is 0 Å². The lowest BCUT2D eigenvalue weighted by Crippen LogP contribution is -2.05. The summed E-state index contributed by atoms with van der Waals surface area (Å²) in [5, 5.41) is 0. The average molecular weight is 152 g/mol. The summed E-state index contributed by atoms with van der Waals surface area (Å²) in [6.07, 6.45) is 6.35. The monoisotopic (exact) mass is 152 g/mol. The molecule has 0 heterocycles. The van der Waals surface area contributed by atoms with Gasteiger partial charge in [0.15, 0.2) is 0 Å². The van der Waals surface area contributed by atoms with Gasteiger partial charge in [0, 0.05) is 6.20 Å². The highest BCUT2D eigenvalue weighted by Gasteiger charge is 1.72. The van der Waals surface area contributed by atoms with Crippen LogP contribution in [0.3, 0.4) is 0 Å². The molecule has 0 bridgehead atoms. The molecule has 0 spiro atoms. The van der Waals surface area contributed by atoms with E-state index in [9.17, 15) is 0 Å². The van der Waals surface area contributed by atoms with E-state index in [2.05, 4.69) is 18.2 Å². The molecule has 0 aromatic heterocycles. The first-order valence-electron chi connectivity index (χ1n) is 3.54. The molecule has 0 radical (unpaired) electrons. The van der Waals surface area contributed by atoms with E-state index in [1.54, 1.807) is 18.4 Å². The molecule has 0 unspecified atom stereocenters. The molecule has 0 saturated heterocycles. The maximum Gasteiger partial charge on any atom is 0.122 e. The molecule has 0 aromatic rings. The van der Waals surface area contributed by atoms with Gasteiger partial charge < -0.3 is 5.73 Å². The summed E-state index contributed by atoms with van der Waals surface area (Å²) in [7, 11) is 0. The fraction of sp³-hybridized carbons (Fsp3) is 0.222. The van der Waals surface area contributed by atoms with Gasteiger partial charge in [0.1, 0.15) is 5.84 Å². The minimum Gasteiger partial charge on any atom is -0.384 e. The zero-order chi connectivity index (χ0) is 9.11. The highest BCUT2D eigenvalue weighted by Crippen LogP contribution is 1.76. The van der Waals surface area contributed by atoms with Gasteiger partial charge in [-0.1, -0.05) is 33.1 Å². The predicted molar refractivity (Wildman–Crippen MR) is 52.5 cm³/mol. The number of nitrogens with zero attached hydrogens (tertiary/aromatic N) is 1. The Kier molecular flexibility index (Phi) is 12.9. The zero-order valence-electron chi connectivity index (χ0n) is 7.25. The van der Waals surface area contributed by atoms with Crippen LogP contribution in [0.15, 0.2) is 42.6 Å². The molecule has 0 amide bonds. The van der Waals surface area contributed by atoms with E-state index in [4.69, 9.17) is 5.73 Å². The van der Waals surface area contributed by atoms with Gasteiger partial charge in [-0.3, -0.25) is 0 Å². The van der Waals surface area contributed by atoms with Gasteiger partial charge in [-0.05, 0) is 12.2 Å². The third-order valence-corrected chi connectivity index (χ3v) is 0.655. The second-order valence-electron chi connectivity index (χ2n) is 1.34. The summed E-state index contributed by atoms with van der Waals surface area (Å²) in [4.78, 5) is 3.76. The number of allylic oxidation sites excluding steroid dienone is 2. The van der Waals surface area contributed by atoms with Crippen molar-refractivity contribution in [1.29, 1.82) is 0 Å². The van der Waals surface area contributed by atoms with Gasteiger partial charge in [-0.15, -0.1) is 0 Å². The molecule has 0 rings (SSSR count). The smallest absolute Gasteiger partial charge is 0.122 e. The van der Waals surface area contributed by atoms with Crippen molar-refractivity contribution in [1.82, 2.24) is 0 Å². The molecular weight excluding hydrogens is 136 g/mol. The first-order valence-corrected chi connectivity index (χ1v) is 3.54. The highest BCUT2D eigenvalue weighted by molar-refractivity contribution is 5.91. The van der Waals surface area contributed by atoms with E-state index < -0.39 is 0 Å². The van der Waals surface area contributed by atoms with E-state index in [1.165, 1.54) is 6.08 Å². The van der Waals surface area contributed by atoms with Gasteiger partial charge in [-0.2, -0.15) is 0 Å². The van der Waals surface area contributed by atoms with Gasteiger partial charge in [-0.25, -0.2) is 4.99 Å². The van der Waals surface area contributed by atoms with Gasteiger partial charge >= 0.3 is 0 Å². The average Bonchev–Trinajstić information content (AvgIpc) is 2.08. The molecular formula is C9H16N2. The second-order valence-corrected chi connectivity index (χ2v) is 1.34. The molecule has 0 atom stereocenters. The summed E-state index contributed by atoms with van der Waals surface area (Å²) >= 11 is 0. The van der Waals surface area contributed by atoms with Crippen molar-refractivity contribution < 1.29 is 0 Å². The first kappa shape index (κ1) is 12.4.